The molecule has 3 N–H and O–H groups in total. The van der Waals surface area contributed by atoms with Crippen molar-refractivity contribution in [3.63, 3.8) is 0 Å². The Hall–Kier alpha value is -0.750. The molecule has 2 aliphatic rings. The predicted molar refractivity (Wildman–Crippen MR) is 76.6 cm³/mol. The van der Waals surface area contributed by atoms with Crippen LogP contribution in [0.2, 0.25) is 0 Å². The Labute approximate surface area is 118 Å². The van der Waals surface area contributed by atoms with Crippen molar-refractivity contribution in [1.82, 2.24) is 10.2 Å². The van der Waals surface area contributed by atoms with E-state index in [1.165, 1.54) is 0 Å². The molecule has 5 nitrogen and oxygen atoms in total. The second-order valence-corrected chi connectivity index (χ2v) is 6.55. The second kappa shape index (κ2) is 6.61. The van der Waals surface area contributed by atoms with Crippen molar-refractivity contribution in [2.45, 2.75) is 44.7 Å². The molecule has 6 heteroatoms. The van der Waals surface area contributed by atoms with Gasteiger partial charge in [0.2, 0.25) is 11.8 Å². The lowest BCUT2D eigenvalue weighted by atomic mass is 9.81. The highest BCUT2D eigenvalue weighted by Crippen LogP contribution is 2.28. The summed E-state index contributed by atoms with van der Waals surface area (Å²) in [6.45, 7) is 2.38. The monoisotopic (exact) mass is 285 g/mol. The lowest BCUT2D eigenvalue weighted by Gasteiger charge is -2.33. The first-order valence-corrected chi connectivity index (χ1v) is 8.12. The molecule has 1 saturated carbocycles. The Balaban J connectivity index is 1.79. The van der Waals surface area contributed by atoms with Crippen LogP contribution in [0, 0.1) is 5.92 Å². The molecule has 0 aromatic carbocycles. The number of carbonyl (C=O) groups excluding carboxylic acids is 2. The Morgan fingerprint density at radius 3 is 2.53 bits per heavy atom. The molecule has 0 radical (unpaired) electrons. The van der Waals surface area contributed by atoms with E-state index in [0.29, 0.717) is 0 Å². The highest BCUT2D eigenvalue weighted by molar-refractivity contribution is 7.99. The first-order chi connectivity index (χ1) is 9.08. The minimum absolute atomic E-state index is 0.0258. The predicted octanol–water partition coefficient (Wildman–Crippen LogP) is 0.542. The van der Waals surface area contributed by atoms with Crippen molar-refractivity contribution in [2.75, 3.05) is 18.2 Å². The minimum Gasteiger partial charge on any atom is -0.354 e. The minimum atomic E-state index is -0.364. The van der Waals surface area contributed by atoms with Gasteiger partial charge in [0.05, 0.1) is 11.9 Å². The van der Waals surface area contributed by atoms with E-state index in [1.807, 2.05) is 4.90 Å². The molecular weight excluding hydrogens is 262 g/mol. The molecule has 2 fully saturated rings. The van der Waals surface area contributed by atoms with Gasteiger partial charge in [-0.05, 0) is 31.6 Å². The van der Waals surface area contributed by atoms with Crippen LogP contribution < -0.4 is 11.1 Å². The molecule has 19 heavy (non-hydrogen) atoms. The van der Waals surface area contributed by atoms with Gasteiger partial charge in [-0.25, -0.2) is 0 Å². The van der Waals surface area contributed by atoms with Gasteiger partial charge in [0.1, 0.15) is 0 Å². The first kappa shape index (κ1) is 14.7. The van der Waals surface area contributed by atoms with Gasteiger partial charge in [-0.2, -0.15) is 0 Å². The molecule has 2 rings (SSSR count). The summed E-state index contributed by atoms with van der Waals surface area (Å²) in [5, 5.41) is 2.95. The summed E-state index contributed by atoms with van der Waals surface area (Å²) in [4.78, 5) is 25.1. The summed E-state index contributed by atoms with van der Waals surface area (Å²) >= 11 is 1.78. The van der Waals surface area contributed by atoms with Crippen LogP contribution in [-0.4, -0.2) is 47.0 Å². The Morgan fingerprint density at radius 2 is 2.00 bits per heavy atom. The fourth-order valence-electron chi connectivity index (χ4n) is 2.91. The summed E-state index contributed by atoms with van der Waals surface area (Å²) in [5.41, 5.74) is 6.13. The van der Waals surface area contributed by atoms with Crippen LogP contribution >= 0.6 is 11.8 Å². The number of nitrogens with two attached hydrogens (primary N) is 1. The Morgan fingerprint density at radius 1 is 1.32 bits per heavy atom. The fourth-order valence-corrected chi connectivity index (χ4v) is 3.87. The molecule has 1 saturated heterocycles. The summed E-state index contributed by atoms with van der Waals surface area (Å²) in [6, 6.07) is -0.102. The molecule has 108 valence electrons. The lowest BCUT2D eigenvalue weighted by molar-refractivity contribution is -0.132. The lowest BCUT2D eigenvalue weighted by Crippen LogP contribution is -2.49. The SMILES string of the molecule is CC(=O)NC1CCC(C(N)C(=O)N2CCSC2)CC1. The van der Waals surface area contributed by atoms with Crippen LogP contribution in [0.4, 0.5) is 0 Å². The number of carbonyl (C=O) groups is 2. The topological polar surface area (TPSA) is 75.4 Å². The largest absolute Gasteiger partial charge is 0.354 e. The molecule has 1 aliphatic carbocycles. The van der Waals surface area contributed by atoms with Crippen molar-refractivity contribution in [2.24, 2.45) is 11.7 Å². The van der Waals surface area contributed by atoms with E-state index in [2.05, 4.69) is 5.32 Å². The zero-order chi connectivity index (χ0) is 13.8. The summed E-state index contributed by atoms with van der Waals surface area (Å²) in [5.74, 6) is 2.20. The Bertz CT molecular complexity index is 337. The van der Waals surface area contributed by atoms with Crippen LogP contribution in [0.3, 0.4) is 0 Å². The van der Waals surface area contributed by atoms with E-state index >= 15 is 0 Å². The number of thioether (sulfide) groups is 1. The van der Waals surface area contributed by atoms with Gasteiger partial charge in [-0.1, -0.05) is 0 Å². The number of nitrogens with one attached hydrogen (secondary N) is 1. The van der Waals surface area contributed by atoms with E-state index < -0.39 is 0 Å². The highest BCUT2D eigenvalue weighted by Gasteiger charge is 2.32. The van der Waals surface area contributed by atoms with Crippen LogP contribution in [0.5, 0.6) is 0 Å². The molecule has 2 amide bonds. The maximum Gasteiger partial charge on any atom is 0.240 e. The van der Waals surface area contributed by atoms with Gasteiger partial charge in [0, 0.05) is 25.3 Å². The van der Waals surface area contributed by atoms with Crippen molar-refractivity contribution < 1.29 is 9.59 Å². The zero-order valence-corrected chi connectivity index (χ0v) is 12.2. The maximum absolute atomic E-state index is 12.2. The normalized spacial score (nSPS) is 29.1. The number of rotatable bonds is 3. The van der Waals surface area contributed by atoms with Crippen LogP contribution in [0.15, 0.2) is 0 Å². The molecule has 1 aliphatic heterocycles. The molecule has 1 heterocycles. The van der Waals surface area contributed by atoms with Crippen molar-refractivity contribution in [3.05, 3.63) is 0 Å². The third kappa shape index (κ3) is 3.86. The molecular formula is C13H23N3O2S. The summed E-state index contributed by atoms with van der Waals surface area (Å²) in [7, 11) is 0. The molecule has 0 aromatic heterocycles. The highest BCUT2D eigenvalue weighted by atomic mass is 32.2. The van der Waals surface area contributed by atoms with E-state index in [9.17, 15) is 9.59 Å². The average Bonchev–Trinajstić information content (AvgIpc) is 2.91. The van der Waals surface area contributed by atoms with Gasteiger partial charge in [-0.15, -0.1) is 11.8 Å². The van der Waals surface area contributed by atoms with Crippen LogP contribution in [0.25, 0.3) is 0 Å². The first-order valence-electron chi connectivity index (χ1n) is 6.97. The van der Waals surface area contributed by atoms with Crippen LogP contribution in [-0.2, 0) is 9.59 Å². The molecule has 0 spiro atoms. The number of amides is 2. The fraction of sp³-hybridized carbons (Fsp3) is 0.846. The van der Waals surface area contributed by atoms with Crippen molar-refractivity contribution in [3.8, 4) is 0 Å². The maximum atomic E-state index is 12.2. The van der Waals surface area contributed by atoms with Gasteiger partial charge in [-0.3, -0.25) is 9.59 Å². The molecule has 1 atom stereocenters. The summed E-state index contributed by atoms with van der Waals surface area (Å²) < 4.78 is 0. The van der Waals surface area contributed by atoms with E-state index in [0.717, 1.165) is 43.9 Å². The zero-order valence-electron chi connectivity index (χ0n) is 11.4. The van der Waals surface area contributed by atoms with Gasteiger partial charge < -0.3 is 16.0 Å². The van der Waals surface area contributed by atoms with E-state index in [1.54, 1.807) is 18.7 Å². The number of hydrogen-bond acceptors (Lipinski definition) is 4. The standard InChI is InChI=1S/C13H23N3O2S/c1-9(17)15-11-4-2-10(3-5-11)12(14)13(18)16-6-7-19-8-16/h10-12H,2-8,14H2,1H3,(H,15,17). The number of hydrogen-bond donors (Lipinski definition) is 2. The van der Waals surface area contributed by atoms with Gasteiger partial charge in [0.25, 0.3) is 0 Å². The van der Waals surface area contributed by atoms with Gasteiger partial charge in [0.15, 0.2) is 0 Å². The van der Waals surface area contributed by atoms with E-state index in [-0.39, 0.29) is 29.8 Å². The summed E-state index contributed by atoms with van der Waals surface area (Å²) in [6.07, 6.45) is 3.72. The van der Waals surface area contributed by atoms with Crippen molar-refractivity contribution in [1.29, 1.82) is 0 Å². The van der Waals surface area contributed by atoms with Crippen molar-refractivity contribution >= 4 is 23.6 Å². The quantitative estimate of drug-likeness (QED) is 0.793. The molecule has 0 bridgehead atoms. The molecule has 1 unspecified atom stereocenters. The average molecular weight is 285 g/mol. The third-order valence-electron chi connectivity index (χ3n) is 4.04. The van der Waals surface area contributed by atoms with Crippen LogP contribution in [0.1, 0.15) is 32.6 Å². The smallest absolute Gasteiger partial charge is 0.240 e. The Kier molecular flexibility index (Phi) is 5.10. The second-order valence-electron chi connectivity index (χ2n) is 5.48. The van der Waals surface area contributed by atoms with Gasteiger partial charge >= 0.3 is 0 Å². The molecule has 0 aromatic rings. The third-order valence-corrected chi connectivity index (χ3v) is 5.00. The van der Waals surface area contributed by atoms with E-state index in [4.69, 9.17) is 5.73 Å². The number of nitrogens with zero attached hydrogens (tertiary/aromatic N) is 1.